The Morgan fingerprint density at radius 3 is 2.24 bits per heavy atom. The molecule has 5 atom stereocenters. The Hall–Kier alpha value is -2.03. The van der Waals surface area contributed by atoms with Gasteiger partial charge in [0.25, 0.3) is 0 Å². The van der Waals surface area contributed by atoms with Crippen molar-refractivity contribution in [1.29, 1.82) is 0 Å². The van der Waals surface area contributed by atoms with Crippen LogP contribution in [-0.2, 0) is 32.3 Å². The zero-order valence-corrected chi connectivity index (χ0v) is 29.5. The summed E-state index contributed by atoms with van der Waals surface area (Å²) in [6, 6.07) is 7.49. The molecule has 1 heterocycles. The number of benzene rings is 1. The molecule has 10 nitrogen and oxygen atoms in total. The second-order valence-corrected chi connectivity index (χ2v) is 17.7. The standard InChI is InChI=1S/C33H49IN4O6S/c1-33(2,3)45(43,44)19-24(16-21-10-6-4-7-11-21)31(41)38-27(18-26-30(34)36-20-35-26)32(42)37-25(17-22-12-8-5-9-13-22)29(40)28(39)23-14-15-23/h4,6-7,10-11,20,22-25,27-29,39-40H,5,8-9,12-19H2,1-3H3,(H,35,36)(H,37,42)(H,38,41)/t24-,25+,27+,28+,29-/m1/s1. The van der Waals surface area contributed by atoms with Gasteiger partial charge in [-0.1, -0.05) is 62.4 Å². The number of rotatable bonds is 15. The molecule has 2 aromatic rings. The first kappa shape index (κ1) is 35.8. The maximum atomic E-state index is 14.0. The van der Waals surface area contributed by atoms with Crippen LogP contribution in [0.25, 0.3) is 0 Å². The number of sulfone groups is 1. The molecule has 2 aliphatic rings. The number of halogens is 1. The van der Waals surface area contributed by atoms with Crippen LogP contribution in [0.1, 0.15) is 83.4 Å². The van der Waals surface area contributed by atoms with Gasteiger partial charge in [0, 0.05) is 6.42 Å². The molecule has 2 amide bonds. The van der Waals surface area contributed by atoms with Gasteiger partial charge in [0.05, 0.1) is 40.6 Å². The van der Waals surface area contributed by atoms with Gasteiger partial charge < -0.3 is 25.8 Å². The minimum absolute atomic E-state index is 0.0244. The second kappa shape index (κ2) is 15.7. The quantitative estimate of drug-likeness (QED) is 0.173. The van der Waals surface area contributed by atoms with Crippen molar-refractivity contribution in [3.63, 3.8) is 0 Å². The molecule has 2 aliphatic carbocycles. The number of carbonyl (C=O) groups excluding carboxylic acids is 2. The molecule has 5 N–H and O–H groups in total. The number of amides is 2. The predicted molar refractivity (Wildman–Crippen MR) is 182 cm³/mol. The number of nitrogens with one attached hydrogen (secondary N) is 3. The number of aromatic nitrogens is 2. The lowest BCUT2D eigenvalue weighted by molar-refractivity contribution is -0.132. The molecular formula is C33H49IN4O6S. The second-order valence-electron chi connectivity index (χ2n) is 13.9. The number of hydrogen-bond donors (Lipinski definition) is 5. The minimum atomic E-state index is -3.67. The zero-order chi connectivity index (χ0) is 32.8. The molecule has 0 saturated heterocycles. The van der Waals surface area contributed by atoms with Crippen molar-refractivity contribution in [3.8, 4) is 0 Å². The van der Waals surface area contributed by atoms with E-state index in [1.807, 2.05) is 30.3 Å². The van der Waals surface area contributed by atoms with Crippen LogP contribution in [0.15, 0.2) is 36.7 Å². The topological polar surface area (TPSA) is 161 Å². The summed E-state index contributed by atoms with van der Waals surface area (Å²) in [6.45, 7) is 4.85. The first-order chi connectivity index (χ1) is 21.2. The third-order valence-electron chi connectivity index (χ3n) is 9.26. The highest BCUT2D eigenvalue weighted by atomic mass is 127. The molecule has 45 heavy (non-hydrogen) atoms. The molecule has 0 aliphatic heterocycles. The highest BCUT2D eigenvalue weighted by molar-refractivity contribution is 14.1. The summed E-state index contributed by atoms with van der Waals surface area (Å²) in [4.78, 5) is 35.2. The third kappa shape index (κ3) is 10.2. The fraction of sp³-hybridized carbons (Fsp3) is 0.667. The summed E-state index contributed by atoms with van der Waals surface area (Å²) < 4.78 is 26.2. The van der Waals surface area contributed by atoms with Crippen LogP contribution in [0.3, 0.4) is 0 Å². The monoisotopic (exact) mass is 756 g/mol. The van der Waals surface area contributed by atoms with E-state index in [1.54, 1.807) is 20.8 Å². The van der Waals surface area contributed by atoms with Crippen molar-refractivity contribution in [2.75, 3.05) is 5.75 Å². The Morgan fingerprint density at radius 2 is 1.67 bits per heavy atom. The average Bonchev–Trinajstić information content (AvgIpc) is 3.77. The van der Waals surface area contributed by atoms with Crippen molar-refractivity contribution in [3.05, 3.63) is 51.6 Å². The van der Waals surface area contributed by atoms with Gasteiger partial charge in [-0.2, -0.15) is 0 Å². The van der Waals surface area contributed by atoms with Gasteiger partial charge in [0.1, 0.15) is 15.8 Å². The van der Waals surface area contributed by atoms with Gasteiger partial charge in [-0.25, -0.2) is 13.4 Å². The van der Waals surface area contributed by atoms with E-state index in [9.17, 15) is 28.2 Å². The van der Waals surface area contributed by atoms with E-state index in [2.05, 4.69) is 43.2 Å². The summed E-state index contributed by atoms with van der Waals surface area (Å²) >= 11 is 2.06. The molecule has 0 unspecified atom stereocenters. The van der Waals surface area contributed by atoms with E-state index < -0.39 is 56.6 Å². The van der Waals surface area contributed by atoms with Crippen molar-refractivity contribution in [2.45, 2.75) is 114 Å². The van der Waals surface area contributed by atoms with Crippen LogP contribution in [0.5, 0.6) is 0 Å². The molecule has 0 spiro atoms. The molecule has 4 rings (SSSR count). The van der Waals surface area contributed by atoms with E-state index in [0.29, 0.717) is 21.7 Å². The molecule has 1 aromatic heterocycles. The van der Waals surface area contributed by atoms with E-state index in [-0.39, 0.29) is 24.5 Å². The molecule has 2 saturated carbocycles. The van der Waals surface area contributed by atoms with E-state index in [4.69, 9.17) is 0 Å². The maximum Gasteiger partial charge on any atom is 0.243 e. The highest BCUT2D eigenvalue weighted by Gasteiger charge is 2.41. The van der Waals surface area contributed by atoms with Crippen LogP contribution >= 0.6 is 22.6 Å². The molecule has 1 aromatic carbocycles. The van der Waals surface area contributed by atoms with Crippen LogP contribution in [-0.4, -0.2) is 75.2 Å². The fourth-order valence-corrected chi connectivity index (χ4v) is 7.91. The molecule has 250 valence electrons. The molecule has 0 bridgehead atoms. The van der Waals surface area contributed by atoms with Crippen molar-refractivity contribution in [1.82, 2.24) is 20.6 Å². The summed E-state index contributed by atoms with van der Waals surface area (Å²) in [5.74, 6) is -1.99. The first-order valence-electron chi connectivity index (χ1n) is 16.2. The van der Waals surface area contributed by atoms with Gasteiger partial charge in [-0.3, -0.25) is 9.59 Å². The van der Waals surface area contributed by atoms with E-state index in [0.717, 1.165) is 44.1 Å². The average molecular weight is 757 g/mol. The number of H-pyrrole nitrogens is 1. The third-order valence-corrected chi connectivity index (χ3v) is 12.9. The highest BCUT2D eigenvalue weighted by Crippen LogP contribution is 2.36. The normalized spacial score (nSPS) is 19.7. The number of aromatic amines is 1. The van der Waals surface area contributed by atoms with E-state index in [1.165, 1.54) is 12.7 Å². The number of nitrogens with zero attached hydrogens (tertiary/aromatic N) is 1. The molecule has 12 heteroatoms. The largest absolute Gasteiger partial charge is 0.390 e. The first-order valence-corrected chi connectivity index (χ1v) is 18.9. The number of imidazole rings is 1. The van der Waals surface area contributed by atoms with E-state index >= 15 is 0 Å². The summed E-state index contributed by atoms with van der Waals surface area (Å²) in [5.41, 5.74) is 1.47. The van der Waals surface area contributed by atoms with Crippen LogP contribution in [0, 0.1) is 21.5 Å². The Labute approximate surface area is 281 Å². The number of aliphatic hydroxyl groups is 2. The van der Waals surface area contributed by atoms with Gasteiger partial charge in [-0.15, -0.1) is 0 Å². The smallest absolute Gasteiger partial charge is 0.243 e. The Bertz CT molecular complexity index is 1370. The van der Waals surface area contributed by atoms with Gasteiger partial charge in [-0.05, 0) is 86.4 Å². The summed E-state index contributed by atoms with van der Waals surface area (Å²) in [6.07, 6.45) is 7.37. The maximum absolute atomic E-state index is 14.0. The van der Waals surface area contributed by atoms with Gasteiger partial charge in [0.2, 0.25) is 11.8 Å². The summed E-state index contributed by atoms with van der Waals surface area (Å²) in [5, 5.41) is 28.0. The Balaban J connectivity index is 1.58. The Kier molecular flexibility index (Phi) is 12.5. The predicted octanol–water partition coefficient (Wildman–Crippen LogP) is 3.70. The Morgan fingerprint density at radius 1 is 1.00 bits per heavy atom. The van der Waals surface area contributed by atoms with Gasteiger partial charge >= 0.3 is 0 Å². The van der Waals surface area contributed by atoms with Crippen molar-refractivity contribution in [2.24, 2.45) is 17.8 Å². The number of carbonyl (C=O) groups is 2. The van der Waals surface area contributed by atoms with Crippen LogP contribution in [0.2, 0.25) is 0 Å². The number of aliphatic hydroxyl groups excluding tert-OH is 2. The zero-order valence-electron chi connectivity index (χ0n) is 26.5. The van der Waals surface area contributed by atoms with Crippen LogP contribution < -0.4 is 10.6 Å². The van der Waals surface area contributed by atoms with Crippen molar-refractivity contribution >= 4 is 44.2 Å². The molecule has 0 radical (unpaired) electrons. The van der Waals surface area contributed by atoms with Gasteiger partial charge in [0.15, 0.2) is 9.84 Å². The molecule has 2 fully saturated rings. The lowest BCUT2D eigenvalue weighted by Gasteiger charge is -2.33. The van der Waals surface area contributed by atoms with Crippen LogP contribution in [0.4, 0.5) is 0 Å². The SMILES string of the molecule is CC(C)(C)S(=O)(=O)C[C@@H](Cc1ccccc1)C(=O)N[C@@H](Cc1[nH]cnc1I)C(=O)N[C@@H](CC1CCCCC1)[C@@H](O)[C@@H](O)C1CC1. The number of hydrogen-bond acceptors (Lipinski definition) is 7. The lowest BCUT2D eigenvalue weighted by Crippen LogP contribution is -2.57. The summed E-state index contributed by atoms with van der Waals surface area (Å²) in [7, 11) is -3.67. The lowest BCUT2D eigenvalue weighted by atomic mass is 9.82. The van der Waals surface area contributed by atoms with Crippen molar-refractivity contribution < 1.29 is 28.2 Å². The minimum Gasteiger partial charge on any atom is -0.390 e. The fourth-order valence-electron chi connectivity index (χ4n) is 6.09. The molecular weight excluding hydrogens is 707 g/mol.